The Morgan fingerprint density at radius 3 is 3.20 bits per heavy atom. The van der Waals surface area contributed by atoms with Crippen molar-refractivity contribution in [3.63, 3.8) is 0 Å². The van der Waals surface area contributed by atoms with E-state index in [4.69, 9.17) is 10.2 Å². The van der Waals surface area contributed by atoms with Crippen molar-refractivity contribution in [1.29, 1.82) is 0 Å². The van der Waals surface area contributed by atoms with Crippen molar-refractivity contribution in [2.75, 3.05) is 5.73 Å². The molecule has 0 spiro atoms. The molecule has 4 heteroatoms. The van der Waals surface area contributed by atoms with E-state index in [1.807, 2.05) is 0 Å². The zero-order chi connectivity index (χ0) is 6.97. The molecule has 2 N–H and O–H groups in total. The van der Waals surface area contributed by atoms with Gasteiger partial charge in [0.2, 0.25) is 0 Å². The Morgan fingerprint density at radius 2 is 2.30 bits per heavy atom. The highest BCUT2D eigenvalue weighted by molar-refractivity contribution is 5.73. The van der Waals surface area contributed by atoms with Gasteiger partial charge in [-0.05, 0) is 0 Å². The van der Waals surface area contributed by atoms with E-state index in [2.05, 4.69) is 10.2 Å². The summed E-state index contributed by atoms with van der Waals surface area (Å²) in [6.45, 7) is 0. The van der Waals surface area contributed by atoms with Crippen LogP contribution in [0.25, 0.3) is 11.1 Å². The highest BCUT2D eigenvalue weighted by atomic mass is 16.3. The molecule has 0 aliphatic carbocycles. The average Bonchev–Trinajstić information content (AvgIpc) is 2.33. The third-order valence-corrected chi connectivity index (χ3v) is 1.23. The van der Waals surface area contributed by atoms with E-state index in [-0.39, 0.29) is 0 Å². The molecule has 0 atom stereocenters. The lowest BCUT2D eigenvalue weighted by molar-refractivity contribution is 0.615. The zero-order valence-corrected chi connectivity index (χ0v) is 5.11. The number of fused-ring (bicyclic) bond motifs is 1. The van der Waals surface area contributed by atoms with Crippen LogP contribution in [0.15, 0.2) is 22.8 Å². The van der Waals surface area contributed by atoms with Crippen LogP contribution in [0.2, 0.25) is 0 Å². The fraction of sp³-hybridized carbons (Fsp3) is 0. The maximum Gasteiger partial charge on any atom is 0.157 e. The molecule has 0 saturated carbocycles. The van der Waals surface area contributed by atoms with Crippen LogP contribution < -0.4 is 5.73 Å². The number of aromatic nitrogens is 2. The first-order valence-electron chi connectivity index (χ1n) is 2.83. The quantitative estimate of drug-likeness (QED) is 0.580. The predicted molar refractivity (Wildman–Crippen MR) is 36.2 cm³/mol. The van der Waals surface area contributed by atoms with Gasteiger partial charge in [-0.25, -0.2) is 0 Å². The summed E-state index contributed by atoms with van der Waals surface area (Å²) in [5.74, 6) is 0.377. The Hall–Kier alpha value is -1.58. The minimum atomic E-state index is 0.377. The standard InChI is InChI=1S/C6H5N3O/c7-6-3-5-4(8-9-6)1-2-10-5/h1-3H,(H2,7,9). The van der Waals surface area contributed by atoms with Gasteiger partial charge in [0.1, 0.15) is 11.3 Å². The molecule has 2 aromatic heterocycles. The van der Waals surface area contributed by atoms with Crippen LogP contribution in [0.3, 0.4) is 0 Å². The van der Waals surface area contributed by atoms with Gasteiger partial charge in [-0.2, -0.15) is 0 Å². The van der Waals surface area contributed by atoms with E-state index in [1.165, 1.54) is 0 Å². The van der Waals surface area contributed by atoms with Crippen LogP contribution in [-0.2, 0) is 0 Å². The van der Waals surface area contributed by atoms with Crippen molar-refractivity contribution in [2.24, 2.45) is 0 Å². The van der Waals surface area contributed by atoms with Crippen molar-refractivity contribution >= 4 is 16.9 Å². The van der Waals surface area contributed by atoms with Gasteiger partial charge < -0.3 is 10.2 Å². The van der Waals surface area contributed by atoms with Gasteiger partial charge in [-0.3, -0.25) is 0 Å². The second kappa shape index (κ2) is 1.70. The smallest absolute Gasteiger partial charge is 0.157 e. The number of hydrogen-bond acceptors (Lipinski definition) is 4. The van der Waals surface area contributed by atoms with Gasteiger partial charge in [0.15, 0.2) is 5.58 Å². The monoisotopic (exact) mass is 135 g/mol. The maximum absolute atomic E-state index is 5.35. The third kappa shape index (κ3) is 0.621. The number of rotatable bonds is 0. The fourth-order valence-electron chi connectivity index (χ4n) is 0.780. The lowest BCUT2D eigenvalue weighted by atomic mass is 10.4. The van der Waals surface area contributed by atoms with Crippen molar-refractivity contribution in [1.82, 2.24) is 10.2 Å². The van der Waals surface area contributed by atoms with Crippen molar-refractivity contribution in [3.8, 4) is 0 Å². The van der Waals surface area contributed by atoms with Gasteiger partial charge in [0.25, 0.3) is 0 Å². The number of nitrogens with two attached hydrogens (primary N) is 1. The molecule has 0 aromatic carbocycles. The molecule has 10 heavy (non-hydrogen) atoms. The summed E-state index contributed by atoms with van der Waals surface area (Å²) in [7, 11) is 0. The Kier molecular flexibility index (Phi) is 0.887. The summed E-state index contributed by atoms with van der Waals surface area (Å²) in [5.41, 5.74) is 6.75. The number of nitrogen functional groups attached to an aromatic ring is 1. The SMILES string of the molecule is Nc1cc2occc2nn1. The second-order valence-corrected chi connectivity index (χ2v) is 1.94. The van der Waals surface area contributed by atoms with E-state index in [9.17, 15) is 0 Å². The van der Waals surface area contributed by atoms with E-state index in [0.717, 1.165) is 5.52 Å². The zero-order valence-electron chi connectivity index (χ0n) is 5.11. The molecular formula is C6H5N3O. The first kappa shape index (κ1) is 5.22. The molecule has 0 unspecified atom stereocenters. The van der Waals surface area contributed by atoms with Crippen LogP contribution in [0.1, 0.15) is 0 Å². The van der Waals surface area contributed by atoms with E-state index in [0.29, 0.717) is 11.4 Å². The normalized spacial score (nSPS) is 10.4. The molecule has 2 heterocycles. The Bertz CT molecular complexity index is 355. The van der Waals surface area contributed by atoms with Gasteiger partial charge >= 0.3 is 0 Å². The number of anilines is 1. The van der Waals surface area contributed by atoms with Crippen molar-refractivity contribution in [3.05, 3.63) is 18.4 Å². The molecule has 4 nitrogen and oxygen atoms in total. The maximum atomic E-state index is 5.35. The molecule has 0 radical (unpaired) electrons. The molecule has 0 fully saturated rings. The van der Waals surface area contributed by atoms with Gasteiger partial charge in [0.05, 0.1) is 6.26 Å². The summed E-state index contributed by atoms with van der Waals surface area (Å²) in [5, 5.41) is 7.42. The van der Waals surface area contributed by atoms with E-state index >= 15 is 0 Å². The summed E-state index contributed by atoms with van der Waals surface area (Å²) in [4.78, 5) is 0. The largest absolute Gasteiger partial charge is 0.462 e. The summed E-state index contributed by atoms with van der Waals surface area (Å²) < 4.78 is 5.02. The molecule has 2 rings (SSSR count). The Morgan fingerprint density at radius 1 is 1.40 bits per heavy atom. The fourth-order valence-corrected chi connectivity index (χ4v) is 0.780. The topological polar surface area (TPSA) is 64.9 Å². The van der Waals surface area contributed by atoms with Gasteiger partial charge in [-0.15, -0.1) is 10.2 Å². The first-order chi connectivity index (χ1) is 4.86. The Balaban J connectivity index is 2.86. The highest BCUT2D eigenvalue weighted by Crippen LogP contribution is 2.12. The highest BCUT2D eigenvalue weighted by Gasteiger charge is 1.97. The second-order valence-electron chi connectivity index (χ2n) is 1.94. The molecular weight excluding hydrogens is 130 g/mol. The molecule has 0 amide bonds. The average molecular weight is 135 g/mol. The van der Waals surface area contributed by atoms with Crippen LogP contribution in [-0.4, -0.2) is 10.2 Å². The van der Waals surface area contributed by atoms with Crippen LogP contribution in [0.4, 0.5) is 5.82 Å². The third-order valence-electron chi connectivity index (χ3n) is 1.23. The number of nitrogens with zero attached hydrogens (tertiary/aromatic N) is 2. The minimum Gasteiger partial charge on any atom is -0.462 e. The van der Waals surface area contributed by atoms with Crippen LogP contribution >= 0.6 is 0 Å². The van der Waals surface area contributed by atoms with Crippen molar-refractivity contribution < 1.29 is 4.42 Å². The first-order valence-corrected chi connectivity index (χ1v) is 2.83. The summed E-state index contributed by atoms with van der Waals surface area (Å²) in [6.07, 6.45) is 1.55. The Labute approximate surface area is 56.7 Å². The number of hydrogen-bond donors (Lipinski definition) is 1. The molecule has 0 saturated heterocycles. The molecule has 2 aromatic rings. The summed E-state index contributed by atoms with van der Waals surface area (Å²) in [6, 6.07) is 3.38. The van der Waals surface area contributed by atoms with Crippen LogP contribution in [0.5, 0.6) is 0 Å². The minimum absolute atomic E-state index is 0.377. The van der Waals surface area contributed by atoms with E-state index < -0.39 is 0 Å². The molecule has 0 aliphatic heterocycles. The summed E-state index contributed by atoms with van der Waals surface area (Å²) >= 11 is 0. The molecule has 50 valence electrons. The van der Waals surface area contributed by atoms with Gasteiger partial charge in [0, 0.05) is 12.1 Å². The van der Waals surface area contributed by atoms with Crippen molar-refractivity contribution in [2.45, 2.75) is 0 Å². The predicted octanol–water partition coefficient (Wildman–Crippen LogP) is 0.805. The molecule has 0 aliphatic rings. The molecule has 0 bridgehead atoms. The van der Waals surface area contributed by atoms with Gasteiger partial charge in [-0.1, -0.05) is 0 Å². The lowest BCUT2D eigenvalue weighted by Gasteiger charge is -1.87. The number of furan rings is 1. The lowest BCUT2D eigenvalue weighted by Crippen LogP contribution is -1.90. The van der Waals surface area contributed by atoms with E-state index in [1.54, 1.807) is 18.4 Å². The van der Waals surface area contributed by atoms with Crippen LogP contribution in [0, 0.1) is 0 Å².